The Hall–Kier alpha value is -1.87. The first-order valence-corrected chi connectivity index (χ1v) is 7.40. The van der Waals surface area contributed by atoms with Crippen molar-refractivity contribution >= 4 is 11.4 Å². The van der Waals surface area contributed by atoms with Crippen LogP contribution in [0.15, 0.2) is 18.2 Å². The van der Waals surface area contributed by atoms with E-state index in [1.807, 2.05) is 0 Å². The molecule has 1 aromatic rings. The molecule has 23 heavy (non-hydrogen) atoms. The van der Waals surface area contributed by atoms with Crippen LogP contribution in [-0.2, 0) is 6.18 Å². The largest absolute Gasteiger partial charge is 0.423 e. The molecule has 1 unspecified atom stereocenters. The van der Waals surface area contributed by atoms with Crippen LogP contribution in [0.3, 0.4) is 0 Å². The fourth-order valence-electron chi connectivity index (χ4n) is 3.19. The van der Waals surface area contributed by atoms with Gasteiger partial charge >= 0.3 is 6.18 Å². The van der Waals surface area contributed by atoms with Crippen molar-refractivity contribution in [2.24, 2.45) is 0 Å². The van der Waals surface area contributed by atoms with Gasteiger partial charge in [0.25, 0.3) is 5.69 Å². The van der Waals surface area contributed by atoms with E-state index < -0.39 is 22.4 Å². The molecule has 3 fully saturated rings. The molecule has 1 atom stereocenters. The minimum Gasteiger partial charge on any atom is -0.383 e. The lowest BCUT2D eigenvalue weighted by Crippen LogP contribution is -2.62. The summed E-state index contributed by atoms with van der Waals surface area (Å²) in [5, 5.41) is 13.7. The molecule has 0 aliphatic carbocycles. The van der Waals surface area contributed by atoms with Gasteiger partial charge in [0.1, 0.15) is 5.56 Å². The monoisotopic (exact) mass is 330 g/mol. The van der Waals surface area contributed by atoms with E-state index in [1.165, 1.54) is 6.07 Å². The van der Waals surface area contributed by atoms with E-state index in [2.05, 4.69) is 15.1 Å². The topological polar surface area (TPSA) is 61.7 Å². The van der Waals surface area contributed by atoms with Crippen molar-refractivity contribution in [3.63, 3.8) is 0 Å². The molecule has 0 spiro atoms. The molecular weight excluding hydrogens is 313 g/mol. The number of nitro benzene ring substituents is 1. The maximum absolute atomic E-state index is 13.0. The summed E-state index contributed by atoms with van der Waals surface area (Å²) >= 11 is 0. The number of halogens is 3. The van der Waals surface area contributed by atoms with Crippen LogP contribution in [0.2, 0.25) is 0 Å². The second kappa shape index (κ2) is 5.97. The van der Waals surface area contributed by atoms with E-state index in [-0.39, 0.29) is 11.7 Å². The third kappa shape index (κ3) is 3.40. The Morgan fingerprint density at radius 2 is 1.96 bits per heavy atom. The molecule has 3 saturated heterocycles. The molecule has 0 radical (unpaired) electrons. The Morgan fingerprint density at radius 3 is 2.48 bits per heavy atom. The number of hydrogen-bond acceptors (Lipinski definition) is 5. The van der Waals surface area contributed by atoms with Gasteiger partial charge in [0.05, 0.1) is 4.92 Å². The number of rotatable bonds is 4. The fraction of sp³-hybridized carbons (Fsp3) is 0.571. The van der Waals surface area contributed by atoms with E-state index in [0.717, 1.165) is 44.9 Å². The number of hydrogen-bond donors (Lipinski definition) is 1. The third-order valence-corrected chi connectivity index (χ3v) is 4.43. The smallest absolute Gasteiger partial charge is 0.383 e. The van der Waals surface area contributed by atoms with Gasteiger partial charge in [0, 0.05) is 57.1 Å². The second-order valence-corrected chi connectivity index (χ2v) is 5.86. The quantitative estimate of drug-likeness (QED) is 0.676. The fourth-order valence-corrected chi connectivity index (χ4v) is 3.19. The molecule has 3 aliphatic rings. The molecule has 126 valence electrons. The first-order chi connectivity index (χ1) is 10.8. The summed E-state index contributed by atoms with van der Waals surface area (Å²) in [5.74, 6) is 0. The lowest BCUT2D eigenvalue weighted by atomic mass is 10.1. The number of benzene rings is 1. The molecule has 9 heteroatoms. The van der Waals surface area contributed by atoms with Gasteiger partial charge in [-0.05, 0) is 12.1 Å². The molecule has 4 rings (SSSR count). The number of anilines is 1. The average molecular weight is 330 g/mol. The number of nitrogens with zero attached hydrogens (tertiary/aromatic N) is 3. The summed E-state index contributed by atoms with van der Waals surface area (Å²) < 4.78 is 38.9. The van der Waals surface area contributed by atoms with E-state index in [4.69, 9.17) is 0 Å². The minimum absolute atomic E-state index is 0.251. The number of nitrogens with one attached hydrogen (secondary N) is 1. The van der Waals surface area contributed by atoms with E-state index in [1.54, 1.807) is 0 Å². The van der Waals surface area contributed by atoms with Gasteiger partial charge in [0.15, 0.2) is 0 Å². The number of alkyl halides is 3. The molecule has 6 nitrogen and oxygen atoms in total. The predicted molar refractivity (Wildman–Crippen MR) is 78.4 cm³/mol. The zero-order valence-electron chi connectivity index (χ0n) is 12.3. The highest BCUT2D eigenvalue weighted by atomic mass is 19.4. The van der Waals surface area contributed by atoms with Gasteiger partial charge in [-0.3, -0.25) is 19.9 Å². The van der Waals surface area contributed by atoms with Crippen LogP contribution in [-0.4, -0.2) is 60.0 Å². The van der Waals surface area contributed by atoms with Crippen molar-refractivity contribution in [2.75, 3.05) is 44.6 Å². The lowest BCUT2D eigenvalue weighted by molar-refractivity contribution is -0.388. The SMILES string of the molecule is O=[N+]([O-])c1ccc(NCC2CN3CCN2CC3)cc1C(F)(F)F. The summed E-state index contributed by atoms with van der Waals surface area (Å²) in [4.78, 5) is 14.4. The Morgan fingerprint density at radius 1 is 1.26 bits per heavy atom. The van der Waals surface area contributed by atoms with Crippen molar-refractivity contribution in [1.29, 1.82) is 0 Å². The highest BCUT2D eigenvalue weighted by molar-refractivity contribution is 5.55. The van der Waals surface area contributed by atoms with Crippen LogP contribution in [0, 0.1) is 10.1 Å². The maximum Gasteiger partial charge on any atom is 0.423 e. The van der Waals surface area contributed by atoms with E-state index in [0.29, 0.717) is 6.54 Å². The van der Waals surface area contributed by atoms with Gasteiger partial charge in [-0.25, -0.2) is 0 Å². The third-order valence-electron chi connectivity index (χ3n) is 4.43. The number of piperazine rings is 3. The lowest BCUT2D eigenvalue weighted by Gasteiger charge is -2.47. The summed E-state index contributed by atoms with van der Waals surface area (Å²) in [7, 11) is 0. The van der Waals surface area contributed by atoms with Crippen LogP contribution in [0.25, 0.3) is 0 Å². The van der Waals surface area contributed by atoms with Gasteiger partial charge in [-0.15, -0.1) is 0 Å². The predicted octanol–water partition coefficient (Wildman–Crippen LogP) is 2.03. The van der Waals surface area contributed by atoms with E-state index in [9.17, 15) is 23.3 Å². The van der Waals surface area contributed by atoms with Crippen molar-refractivity contribution in [3.8, 4) is 0 Å². The zero-order chi connectivity index (χ0) is 16.6. The first kappa shape index (κ1) is 16.0. The average Bonchev–Trinajstić information content (AvgIpc) is 2.53. The summed E-state index contributed by atoms with van der Waals surface area (Å²) in [6.07, 6.45) is -4.75. The minimum atomic E-state index is -4.75. The summed E-state index contributed by atoms with van der Waals surface area (Å²) in [6, 6.07) is 3.29. The molecule has 1 aromatic carbocycles. The molecule has 0 aromatic heterocycles. The van der Waals surface area contributed by atoms with Crippen LogP contribution >= 0.6 is 0 Å². The Kier molecular flexibility index (Phi) is 4.15. The Labute approximate surface area is 131 Å². The van der Waals surface area contributed by atoms with Crippen molar-refractivity contribution in [2.45, 2.75) is 12.2 Å². The summed E-state index contributed by atoms with van der Waals surface area (Å²) in [5.41, 5.74) is -1.89. The molecule has 0 saturated carbocycles. The van der Waals surface area contributed by atoms with Gasteiger partial charge in [0.2, 0.25) is 0 Å². The molecule has 3 aliphatic heterocycles. The van der Waals surface area contributed by atoms with E-state index >= 15 is 0 Å². The van der Waals surface area contributed by atoms with Crippen molar-refractivity contribution < 1.29 is 18.1 Å². The number of nitro groups is 1. The van der Waals surface area contributed by atoms with Crippen LogP contribution < -0.4 is 5.32 Å². The van der Waals surface area contributed by atoms with Crippen LogP contribution in [0.1, 0.15) is 5.56 Å². The van der Waals surface area contributed by atoms with Crippen molar-refractivity contribution in [3.05, 3.63) is 33.9 Å². The molecule has 2 bridgehead atoms. The first-order valence-electron chi connectivity index (χ1n) is 7.40. The molecular formula is C14H17F3N4O2. The zero-order valence-corrected chi connectivity index (χ0v) is 12.3. The standard InChI is InChI=1S/C14H17F3N4O2/c15-14(16,17)12-7-10(1-2-13(12)21(22)23)18-8-11-9-19-3-5-20(11)6-4-19/h1-2,7,11,18H,3-6,8-9H2. The Balaban J connectivity index is 1.72. The highest BCUT2D eigenvalue weighted by Gasteiger charge is 2.38. The summed E-state index contributed by atoms with van der Waals surface area (Å²) in [6.45, 7) is 5.43. The van der Waals surface area contributed by atoms with Gasteiger partial charge in [-0.2, -0.15) is 13.2 Å². The highest BCUT2D eigenvalue weighted by Crippen LogP contribution is 2.37. The molecule has 3 heterocycles. The molecule has 1 N–H and O–H groups in total. The van der Waals surface area contributed by atoms with Gasteiger partial charge in [-0.1, -0.05) is 0 Å². The van der Waals surface area contributed by atoms with Crippen LogP contribution in [0.5, 0.6) is 0 Å². The Bertz CT molecular complexity index is 600. The maximum atomic E-state index is 13.0. The van der Waals surface area contributed by atoms with Gasteiger partial charge < -0.3 is 5.32 Å². The second-order valence-electron chi connectivity index (χ2n) is 5.86. The normalized spacial score (nSPS) is 27.0. The molecule has 0 amide bonds. The van der Waals surface area contributed by atoms with Crippen molar-refractivity contribution in [1.82, 2.24) is 9.80 Å². The number of fused-ring (bicyclic) bond motifs is 3. The van der Waals surface area contributed by atoms with Crippen LogP contribution in [0.4, 0.5) is 24.5 Å².